The van der Waals surface area contributed by atoms with Gasteiger partial charge < -0.3 is 9.88 Å². The molecule has 1 aromatic heterocycles. The van der Waals surface area contributed by atoms with Gasteiger partial charge in [0.1, 0.15) is 5.82 Å². The molecule has 3 aromatic rings. The van der Waals surface area contributed by atoms with Crippen LogP contribution in [0.25, 0.3) is 11.0 Å². The zero-order valence-electron chi connectivity index (χ0n) is 18.0. The van der Waals surface area contributed by atoms with Crippen LogP contribution in [0.15, 0.2) is 47.4 Å². The Bertz CT molecular complexity index is 1170. The molecule has 0 radical (unpaired) electrons. The van der Waals surface area contributed by atoms with E-state index < -0.39 is 10.0 Å². The molecule has 1 aliphatic rings. The van der Waals surface area contributed by atoms with E-state index in [4.69, 9.17) is 16.6 Å². The zero-order valence-corrected chi connectivity index (χ0v) is 19.6. The third kappa shape index (κ3) is 4.51. The van der Waals surface area contributed by atoms with Crippen molar-refractivity contribution < 1.29 is 8.42 Å². The van der Waals surface area contributed by atoms with Gasteiger partial charge in [-0.25, -0.2) is 13.4 Å². The first-order chi connectivity index (χ1) is 14.9. The number of halogens is 1. The molecule has 2 heterocycles. The van der Waals surface area contributed by atoms with E-state index >= 15 is 0 Å². The fourth-order valence-corrected chi connectivity index (χ4v) is 6.08. The van der Waals surface area contributed by atoms with Gasteiger partial charge in [-0.15, -0.1) is 0 Å². The molecular weight excluding hydrogens is 432 g/mol. The summed E-state index contributed by atoms with van der Waals surface area (Å²) < 4.78 is 29.8. The van der Waals surface area contributed by atoms with Gasteiger partial charge in [0.15, 0.2) is 0 Å². The van der Waals surface area contributed by atoms with Crippen LogP contribution in [-0.4, -0.2) is 35.4 Å². The van der Waals surface area contributed by atoms with Crippen LogP contribution in [0.4, 0.5) is 0 Å². The van der Waals surface area contributed by atoms with Crippen LogP contribution in [0.1, 0.15) is 50.5 Å². The van der Waals surface area contributed by atoms with Crippen molar-refractivity contribution in [2.24, 2.45) is 0 Å². The number of aryl methyl sites for hydroxylation is 1. The molecule has 166 valence electrons. The first-order valence-electron chi connectivity index (χ1n) is 10.9. The molecule has 1 aliphatic heterocycles. The van der Waals surface area contributed by atoms with E-state index in [2.05, 4.69) is 23.7 Å². The van der Waals surface area contributed by atoms with Crippen molar-refractivity contribution >= 4 is 32.7 Å². The summed E-state index contributed by atoms with van der Waals surface area (Å²) in [5, 5.41) is 4.23. The average molecular weight is 461 g/mol. The van der Waals surface area contributed by atoms with E-state index in [1.165, 1.54) is 0 Å². The van der Waals surface area contributed by atoms with Crippen LogP contribution in [0, 0.1) is 0 Å². The number of aromatic nitrogens is 2. The molecule has 1 N–H and O–H groups in total. The van der Waals surface area contributed by atoms with E-state index in [1.807, 2.05) is 30.3 Å². The van der Waals surface area contributed by atoms with Crippen LogP contribution >= 0.6 is 11.6 Å². The second kappa shape index (κ2) is 9.28. The standard InChI is InChI=1S/C23H29ClN4O2S/c1-3-28-22-12-11-18(31(29,30)27-13-7-4-8-14-27)15-21(22)26-23(28)16-25-17(2)19-9-5-6-10-20(19)24/h5-6,9-12,15,17,25H,3-4,7-8,13-14,16H2,1-2H3/t17-/m1/s1. The molecule has 0 bridgehead atoms. The summed E-state index contributed by atoms with van der Waals surface area (Å²) in [6.07, 6.45) is 2.94. The summed E-state index contributed by atoms with van der Waals surface area (Å²) in [6, 6.07) is 13.2. The molecule has 1 saturated heterocycles. The average Bonchev–Trinajstić information content (AvgIpc) is 3.15. The first kappa shape index (κ1) is 22.3. The summed E-state index contributed by atoms with van der Waals surface area (Å²) in [5.74, 6) is 0.879. The Kier molecular flexibility index (Phi) is 6.67. The highest BCUT2D eigenvalue weighted by atomic mass is 35.5. The van der Waals surface area contributed by atoms with Gasteiger partial charge in [0.05, 0.1) is 22.5 Å². The Morgan fingerprint density at radius 2 is 1.87 bits per heavy atom. The molecule has 31 heavy (non-hydrogen) atoms. The minimum Gasteiger partial charge on any atom is -0.327 e. The monoisotopic (exact) mass is 460 g/mol. The van der Waals surface area contributed by atoms with E-state index in [-0.39, 0.29) is 6.04 Å². The minimum absolute atomic E-state index is 0.0638. The molecule has 1 atom stereocenters. The van der Waals surface area contributed by atoms with Crippen LogP contribution < -0.4 is 5.32 Å². The molecule has 6 nitrogen and oxygen atoms in total. The number of sulfonamides is 1. The van der Waals surface area contributed by atoms with Gasteiger partial charge in [-0.2, -0.15) is 4.31 Å². The van der Waals surface area contributed by atoms with Crippen molar-refractivity contribution in [2.75, 3.05) is 13.1 Å². The quantitative estimate of drug-likeness (QED) is 0.553. The zero-order chi connectivity index (χ0) is 22.0. The van der Waals surface area contributed by atoms with E-state index in [0.29, 0.717) is 30.0 Å². The Labute approximate surface area is 189 Å². The maximum Gasteiger partial charge on any atom is 0.243 e. The molecular formula is C23H29ClN4O2S. The van der Waals surface area contributed by atoms with Gasteiger partial charge in [-0.3, -0.25) is 0 Å². The van der Waals surface area contributed by atoms with Crippen molar-refractivity contribution in [2.45, 2.75) is 57.1 Å². The summed E-state index contributed by atoms with van der Waals surface area (Å²) in [6.45, 7) is 6.65. The second-order valence-electron chi connectivity index (χ2n) is 8.01. The number of rotatable bonds is 7. The Morgan fingerprint density at radius 1 is 1.13 bits per heavy atom. The molecule has 4 rings (SSSR count). The van der Waals surface area contributed by atoms with Crippen LogP contribution in [0.2, 0.25) is 5.02 Å². The van der Waals surface area contributed by atoms with Crippen LogP contribution in [-0.2, 0) is 23.1 Å². The number of hydrogen-bond donors (Lipinski definition) is 1. The SMILES string of the molecule is CCn1c(CN[C@H](C)c2ccccc2Cl)nc2cc(S(=O)(=O)N3CCCCC3)ccc21. The summed E-state index contributed by atoms with van der Waals surface area (Å²) in [7, 11) is -3.48. The van der Waals surface area contributed by atoms with E-state index in [1.54, 1.807) is 16.4 Å². The number of benzene rings is 2. The van der Waals surface area contributed by atoms with E-state index in [0.717, 1.165) is 47.7 Å². The lowest BCUT2D eigenvalue weighted by Crippen LogP contribution is -2.35. The predicted molar refractivity (Wildman–Crippen MR) is 125 cm³/mol. The first-order valence-corrected chi connectivity index (χ1v) is 12.7. The smallest absolute Gasteiger partial charge is 0.243 e. The van der Waals surface area contributed by atoms with Crippen molar-refractivity contribution in [1.29, 1.82) is 0 Å². The van der Waals surface area contributed by atoms with Gasteiger partial charge in [-0.1, -0.05) is 36.2 Å². The third-order valence-corrected chi connectivity index (χ3v) is 8.24. The second-order valence-corrected chi connectivity index (χ2v) is 10.4. The van der Waals surface area contributed by atoms with Gasteiger partial charge in [-0.05, 0) is 56.5 Å². The number of piperidine rings is 1. The van der Waals surface area contributed by atoms with Gasteiger partial charge in [0.25, 0.3) is 0 Å². The predicted octanol–water partition coefficient (Wildman–Crippen LogP) is 4.74. The number of fused-ring (bicyclic) bond motifs is 1. The van der Waals surface area contributed by atoms with Crippen molar-refractivity contribution in [1.82, 2.24) is 19.2 Å². The molecule has 8 heteroatoms. The fraction of sp³-hybridized carbons (Fsp3) is 0.435. The highest BCUT2D eigenvalue weighted by molar-refractivity contribution is 7.89. The van der Waals surface area contributed by atoms with Gasteiger partial charge in [0, 0.05) is 30.7 Å². The van der Waals surface area contributed by atoms with Crippen LogP contribution in [0.5, 0.6) is 0 Å². The third-order valence-electron chi connectivity index (χ3n) is 6.01. The number of nitrogens with zero attached hydrogens (tertiary/aromatic N) is 3. The Morgan fingerprint density at radius 3 is 2.58 bits per heavy atom. The fourth-order valence-electron chi connectivity index (χ4n) is 4.24. The summed E-state index contributed by atoms with van der Waals surface area (Å²) >= 11 is 6.33. The normalized spacial score (nSPS) is 16.6. The lowest BCUT2D eigenvalue weighted by molar-refractivity contribution is 0.346. The largest absolute Gasteiger partial charge is 0.327 e. The van der Waals surface area contributed by atoms with E-state index in [9.17, 15) is 8.42 Å². The lowest BCUT2D eigenvalue weighted by Gasteiger charge is -2.25. The minimum atomic E-state index is -3.48. The van der Waals surface area contributed by atoms with Crippen molar-refractivity contribution in [3.63, 3.8) is 0 Å². The molecule has 2 aromatic carbocycles. The maximum absolute atomic E-state index is 13.1. The summed E-state index contributed by atoms with van der Waals surface area (Å²) in [5.41, 5.74) is 2.70. The maximum atomic E-state index is 13.1. The molecule has 0 amide bonds. The highest BCUT2D eigenvalue weighted by Gasteiger charge is 2.26. The summed E-state index contributed by atoms with van der Waals surface area (Å²) in [4.78, 5) is 5.10. The van der Waals surface area contributed by atoms with Gasteiger partial charge in [0.2, 0.25) is 10.0 Å². The number of nitrogens with one attached hydrogen (secondary N) is 1. The molecule has 1 fully saturated rings. The highest BCUT2D eigenvalue weighted by Crippen LogP contribution is 2.26. The Hall–Kier alpha value is -1.93. The van der Waals surface area contributed by atoms with Crippen molar-refractivity contribution in [3.8, 4) is 0 Å². The van der Waals surface area contributed by atoms with Gasteiger partial charge >= 0.3 is 0 Å². The lowest BCUT2D eigenvalue weighted by atomic mass is 10.1. The van der Waals surface area contributed by atoms with Crippen LogP contribution in [0.3, 0.4) is 0 Å². The number of imidazole rings is 1. The molecule has 0 saturated carbocycles. The topological polar surface area (TPSA) is 67.2 Å². The number of hydrogen-bond acceptors (Lipinski definition) is 4. The van der Waals surface area contributed by atoms with Crippen molar-refractivity contribution in [3.05, 3.63) is 58.9 Å². The molecule has 0 spiro atoms. The molecule has 0 aliphatic carbocycles. The Balaban J connectivity index is 1.59. The molecule has 0 unspecified atom stereocenters.